The van der Waals surface area contributed by atoms with Crippen LogP contribution in [0, 0.1) is 0 Å². The molecule has 5 nitrogen and oxygen atoms in total. The molecule has 0 spiro atoms. The van der Waals surface area contributed by atoms with E-state index >= 15 is 0 Å². The van der Waals surface area contributed by atoms with Gasteiger partial charge < -0.3 is 15.0 Å². The molecule has 0 aliphatic carbocycles. The van der Waals surface area contributed by atoms with Gasteiger partial charge in [-0.3, -0.25) is 9.59 Å². The van der Waals surface area contributed by atoms with Crippen molar-refractivity contribution in [3.8, 4) is 0 Å². The van der Waals surface area contributed by atoms with E-state index in [-0.39, 0.29) is 12.5 Å². The third-order valence-corrected chi connectivity index (χ3v) is 2.97. The molecule has 2 N–H and O–H groups in total. The molecule has 0 radical (unpaired) electrons. The Morgan fingerprint density at radius 2 is 1.95 bits per heavy atom. The van der Waals surface area contributed by atoms with E-state index in [1.54, 1.807) is 6.08 Å². The van der Waals surface area contributed by atoms with Crippen molar-refractivity contribution in [2.24, 2.45) is 5.73 Å². The van der Waals surface area contributed by atoms with E-state index in [4.69, 9.17) is 10.5 Å². The van der Waals surface area contributed by atoms with Crippen LogP contribution in [0.1, 0.15) is 26.3 Å². The minimum Gasteiger partial charge on any atom is -0.459 e. The average Bonchev–Trinajstić information content (AvgIpc) is 2.73. The van der Waals surface area contributed by atoms with Gasteiger partial charge in [-0.2, -0.15) is 0 Å². The number of esters is 1. The van der Waals surface area contributed by atoms with Crippen molar-refractivity contribution in [2.45, 2.75) is 32.9 Å². The molecule has 0 saturated heterocycles. The number of nitrogens with two attached hydrogens (primary N) is 1. The van der Waals surface area contributed by atoms with Gasteiger partial charge in [-0.05, 0) is 32.9 Å². The fourth-order valence-electron chi connectivity index (χ4n) is 2.22. The molecule has 1 aromatic heterocycles. The monoisotopic (exact) mass is 300 g/mol. The highest BCUT2D eigenvalue weighted by Crippen LogP contribution is 2.23. The number of para-hydroxylation sites is 1. The van der Waals surface area contributed by atoms with Crippen LogP contribution in [0.3, 0.4) is 0 Å². The molecule has 1 aromatic carbocycles. The summed E-state index contributed by atoms with van der Waals surface area (Å²) >= 11 is 0. The maximum atomic E-state index is 12.0. The molecule has 0 unspecified atom stereocenters. The Morgan fingerprint density at radius 3 is 2.59 bits per heavy atom. The van der Waals surface area contributed by atoms with Crippen molar-refractivity contribution in [3.63, 3.8) is 0 Å². The summed E-state index contributed by atoms with van der Waals surface area (Å²) in [6.45, 7) is 5.61. The third kappa shape index (κ3) is 3.97. The zero-order chi connectivity index (χ0) is 16.3. The van der Waals surface area contributed by atoms with Gasteiger partial charge >= 0.3 is 5.97 Å². The van der Waals surface area contributed by atoms with Gasteiger partial charge in [0.2, 0.25) is 5.91 Å². The third-order valence-electron chi connectivity index (χ3n) is 2.97. The minimum atomic E-state index is -0.519. The van der Waals surface area contributed by atoms with E-state index in [1.165, 1.54) is 6.08 Å². The molecule has 0 aliphatic rings. The number of hydrogen-bond donors (Lipinski definition) is 1. The lowest BCUT2D eigenvalue weighted by atomic mass is 10.1. The number of ether oxygens (including phenoxy) is 1. The molecule has 0 bridgehead atoms. The summed E-state index contributed by atoms with van der Waals surface area (Å²) in [6, 6.07) is 7.65. The predicted molar refractivity (Wildman–Crippen MR) is 86.0 cm³/mol. The van der Waals surface area contributed by atoms with Crippen LogP contribution in [0.4, 0.5) is 0 Å². The van der Waals surface area contributed by atoms with Gasteiger partial charge in [0.1, 0.15) is 12.1 Å². The number of primary amides is 1. The van der Waals surface area contributed by atoms with Crippen molar-refractivity contribution in [2.75, 3.05) is 0 Å². The van der Waals surface area contributed by atoms with Crippen LogP contribution in [0.25, 0.3) is 17.0 Å². The largest absolute Gasteiger partial charge is 0.459 e. The highest BCUT2D eigenvalue weighted by Gasteiger charge is 2.17. The van der Waals surface area contributed by atoms with E-state index in [9.17, 15) is 9.59 Å². The van der Waals surface area contributed by atoms with Crippen molar-refractivity contribution in [1.29, 1.82) is 0 Å². The number of carbonyl (C=O) groups excluding carboxylic acids is 2. The summed E-state index contributed by atoms with van der Waals surface area (Å²) in [5, 5.41) is 0.948. The standard InChI is InChI=1S/C17H20N2O3/c1-17(2,3)22-16(21)11-19-10-12(8-9-15(18)20)13-6-4-5-7-14(13)19/h4-10H,11H2,1-3H3,(H2,18,20). The number of amides is 1. The van der Waals surface area contributed by atoms with E-state index in [0.29, 0.717) is 0 Å². The molecule has 1 amide bonds. The highest BCUT2D eigenvalue weighted by molar-refractivity contribution is 5.96. The fraction of sp³-hybridized carbons (Fsp3) is 0.294. The van der Waals surface area contributed by atoms with Gasteiger partial charge in [0, 0.05) is 28.7 Å². The van der Waals surface area contributed by atoms with Crippen LogP contribution in [0.15, 0.2) is 36.5 Å². The van der Waals surface area contributed by atoms with E-state index < -0.39 is 11.5 Å². The molecule has 22 heavy (non-hydrogen) atoms. The Balaban J connectivity index is 2.34. The normalized spacial score (nSPS) is 12.0. The molecule has 5 heteroatoms. The van der Waals surface area contributed by atoms with Crippen molar-refractivity contribution in [3.05, 3.63) is 42.1 Å². The number of carbonyl (C=O) groups is 2. The number of hydrogen-bond acceptors (Lipinski definition) is 3. The summed E-state index contributed by atoms with van der Waals surface area (Å²) in [5.74, 6) is -0.817. The molecular weight excluding hydrogens is 280 g/mol. The first-order valence-corrected chi connectivity index (χ1v) is 7.03. The first-order valence-electron chi connectivity index (χ1n) is 7.03. The number of rotatable bonds is 4. The summed E-state index contributed by atoms with van der Waals surface area (Å²) < 4.78 is 7.16. The van der Waals surface area contributed by atoms with Crippen LogP contribution < -0.4 is 5.73 Å². The Hall–Kier alpha value is -2.56. The van der Waals surface area contributed by atoms with Gasteiger partial charge in [-0.1, -0.05) is 18.2 Å². The zero-order valence-electron chi connectivity index (χ0n) is 13.0. The Bertz CT molecular complexity index is 736. The smallest absolute Gasteiger partial charge is 0.326 e. The topological polar surface area (TPSA) is 74.3 Å². The van der Waals surface area contributed by atoms with Crippen LogP contribution in [0.5, 0.6) is 0 Å². The number of fused-ring (bicyclic) bond motifs is 1. The van der Waals surface area contributed by atoms with Gasteiger partial charge in [0.05, 0.1) is 0 Å². The first kappa shape index (κ1) is 15.8. The molecule has 0 atom stereocenters. The second kappa shape index (κ2) is 6.05. The molecule has 0 fully saturated rings. The second-order valence-corrected chi connectivity index (χ2v) is 6.05. The zero-order valence-corrected chi connectivity index (χ0v) is 13.0. The number of benzene rings is 1. The predicted octanol–water partition coefficient (Wildman–Crippen LogP) is 2.48. The Kier molecular flexibility index (Phi) is 4.35. The van der Waals surface area contributed by atoms with Crippen LogP contribution in [0.2, 0.25) is 0 Å². The summed E-state index contributed by atoms with van der Waals surface area (Å²) in [5.41, 5.74) is 6.35. The van der Waals surface area contributed by atoms with Gasteiger partial charge in [-0.15, -0.1) is 0 Å². The molecule has 0 aliphatic heterocycles. The number of aromatic nitrogens is 1. The first-order chi connectivity index (χ1) is 10.3. The lowest BCUT2D eigenvalue weighted by Gasteiger charge is -2.19. The lowest BCUT2D eigenvalue weighted by Crippen LogP contribution is -2.26. The number of nitrogens with zero attached hydrogens (tertiary/aromatic N) is 1. The van der Waals surface area contributed by atoms with Gasteiger partial charge in [0.15, 0.2) is 0 Å². The minimum absolute atomic E-state index is 0.113. The average molecular weight is 300 g/mol. The van der Waals surface area contributed by atoms with Gasteiger partial charge in [-0.25, -0.2) is 0 Å². The fourth-order valence-corrected chi connectivity index (χ4v) is 2.22. The molecule has 2 aromatic rings. The maximum Gasteiger partial charge on any atom is 0.326 e. The van der Waals surface area contributed by atoms with Crippen LogP contribution in [-0.4, -0.2) is 22.0 Å². The quantitative estimate of drug-likeness (QED) is 0.696. The Labute approximate surface area is 129 Å². The molecular formula is C17H20N2O3. The summed E-state index contributed by atoms with van der Waals surface area (Å²) in [4.78, 5) is 22.9. The van der Waals surface area contributed by atoms with Crippen molar-refractivity contribution >= 4 is 28.9 Å². The SMILES string of the molecule is CC(C)(C)OC(=O)Cn1cc(C=CC(N)=O)c2ccccc21. The van der Waals surface area contributed by atoms with Crippen LogP contribution in [-0.2, 0) is 20.9 Å². The van der Waals surface area contributed by atoms with E-state index in [0.717, 1.165) is 16.5 Å². The molecule has 1 heterocycles. The van der Waals surface area contributed by atoms with Crippen molar-refractivity contribution in [1.82, 2.24) is 4.57 Å². The lowest BCUT2D eigenvalue weighted by molar-refractivity contribution is -0.155. The molecule has 2 rings (SSSR count). The maximum absolute atomic E-state index is 12.0. The van der Waals surface area contributed by atoms with Crippen molar-refractivity contribution < 1.29 is 14.3 Å². The van der Waals surface area contributed by atoms with E-state index in [1.807, 2.05) is 55.8 Å². The molecule has 0 saturated carbocycles. The van der Waals surface area contributed by atoms with Crippen LogP contribution >= 0.6 is 0 Å². The summed E-state index contributed by atoms with van der Waals surface area (Å²) in [7, 11) is 0. The highest BCUT2D eigenvalue weighted by atomic mass is 16.6. The molecule has 116 valence electrons. The van der Waals surface area contributed by atoms with E-state index in [2.05, 4.69) is 0 Å². The summed E-state index contributed by atoms with van der Waals surface area (Å²) in [6.07, 6.45) is 4.77. The second-order valence-electron chi connectivity index (χ2n) is 6.05. The Morgan fingerprint density at radius 1 is 1.27 bits per heavy atom. The van der Waals surface area contributed by atoms with Gasteiger partial charge in [0.25, 0.3) is 0 Å².